The number of likely N-dealkylation sites (tertiary alicyclic amines) is 1. The fourth-order valence-electron chi connectivity index (χ4n) is 4.02. The minimum atomic E-state index is 0.0393. The van der Waals surface area contributed by atoms with E-state index in [0.29, 0.717) is 24.4 Å². The minimum absolute atomic E-state index is 0.0393. The van der Waals surface area contributed by atoms with Gasteiger partial charge >= 0.3 is 0 Å². The topological polar surface area (TPSA) is 48.7 Å². The molecule has 1 aromatic carbocycles. The number of benzene rings is 1. The highest BCUT2D eigenvalue weighted by Crippen LogP contribution is 2.29. The van der Waals surface area contributed by atoms with Gasteiger partial charge in [0.1, 0.15) is 5.58 Å². The Morgan fingerprint density at radius 3 is 2.88 bits per heavy atom. The highest BCUT2D eigenvalue weighted by atomic mass is 16.3. The van der Waals surface area contributed by atoms with E-state index in [9.17, 15) is 4.79 Å². The van der Waals surface area contributed by atoms with E-state index in [1.165, 1.54) is 12.8 Å². The summed E-state index contributed by atoms with van der Waals surface area (Å²) in [5.74, 6) is 0.556. The van der Waals surface area contributed by atoms with Gasteiger partial charge in [0.05, 0.1) is 0 Å². The molecular formula is C19H25N3O2. The van der Waals surface area contributed by atoms with Crippen LogP contribution in [0, 0.1) is 0 Å². The number of carbonyl (C=O) groups excluding carboxylic acids is 1. The number of para-hydroxylation sites is 1. The molecule has 2 unspecified atom stereocenters. The van der Waals surface area contributed by atoms with Crippen molar-refractivity contribution >= 4 is 16.9 Å². The zero-order valence-electron chi connectivity index (χ0n) is 14.4. The van der Waals surface area contributed by atoms with Gasteiger partial charge in [-0.15, -0.1) is 0 Å². The van der Waals surface area contributed by atoms with Crippen LogP contribution in [0.25, 0.3) is 11.0 Å². The minimum Gasteiger partial charge on any atom is -0.451 e. The Morgan fingerprint density at radius 1 is 1.25 bits per heavy atom. The number of fused-ring (bicyclic) bond motifs is 3. The monoisotopic (exact) mass is 327 g/mol. The van der Waals surface area contributed by atoms with Crippen LogP contribution in [-0.2, 0) is 6.54 Å². The summed E-state index contributed by atoms with van der Waals surface area (Å²) >= 11 is 0. The normalized spacial score (nSPS) is 23.9. The van der Waals surface area contributed by atoms with Crippen LogP contribution in [-0.4, -0.2) is 55.0 Å². The molecule has 2 aliphatic heterocycles. The Balaban J connectivity index is 1.68. The number of amides is 1. The molecule has 2 fully saturated rings. The smallest absolute Gasteiger partial charge is 0.290 e. The summed E-state index contributed by atoms with van der Waals surface area (Å²) in [6.07, 6.45) is 3.44. The Hall–Kier alpha value is -1.85. The molecular weight excluding hydrogens is 302 g/mol. The molecule has 5 nitrogen and oxygen atoms in total. The van der Waals surface area contributed by atoms with Gasteiger partial charge in [0.25, 0.3) is 5.91 Å². The molecule has 4 rings (SSSR count). The van der Waals surface area contributed by atoms with Crippen molar-refractivity contribution in [2.24, 2.45) is 0 Å². The Kier molecular flexibility index (Phi) is 4.06. The number of nitrogens with zero attached hydrogens (tertiary/aromatic N) is 2. The standard InChI is InChI=1S/C19H25N3O2/c1-21(2)12-16-15-5-3-4-6-17(15)24-18(16)19(23)22-10-9-13-7-8-14(11-22)20-13/h3-6,13-14,20H,7-12H2,1-2H3. The van der Waals surface area contributed by atoms with Gasteiger partial charge in [0, 0.05) is 42.7 Å². The number of furan rings is 1. The lowest BCUT2D eigenvalue weighted by Gasteiger charge is -2.24. The van der Waals surface area contributed by atoms with Crippen molar-refractivity contribution in [3.8, 4) is 0 Å². The van der Waals surface area contributed by atoms with Crippen LogP contribution in [0.4, 0.5) is 0 Å². The highest BCUT2D eigenvalue weighted by Gasteiger charge is 2.33. The zero-order valence-corrected chi connectivity index (χ0v) is 14.4. The van der Waals surface area contributed by atoms with Crippen LogP contribution in [0.3, 0.4) is 0 Å². The molecule has 5 heteroatoms. The van der Waals surface area contributed by atoms with E-state index in [0.717, 1.165) is 36.0 Å². The van der Waals surface area contributed by atoms with E-state index < -0.39 is 0 Å². The van der Waals surface area contributed by atoms with E-state index in [1.54, 1.807) is 0 Å². The van der Waals surface area contributed by atoms with Crippen LogP contribution < -0.4 is 5.32 Å². The largest absolute Gasteiger partial charge is 0.451 e. The van der Waals surface area contributed by atoms with Crippen LogP contribution in [0.2, 0.25) is 0 Å². The van der Waals surface area contributed by atoms with Gasteiger partial charge in [-0.05, 0) is 39.4 Å². The fourth-order valence-corrected chi connectivity index (χ4v) is 4.02. The van der Waals surface area contributed by atoms with E-state index >= 15 is 0 Å². The van der Waals surface area contributed by atoms with Gasteiger partial charge in [-0.25, -0.2) is 0 Å². The summed E-state index contributed by atoms with van der Waals surface area (Å²) in [5.41, 5.74) is 1.80. The molecule has 0 saturated carbocycles. The molecule has 24 heavy (non-hydrogen) atoms. The molecule has 2 atom stereocenters. The van der Waals surface area contributed by atoms with Gasteiger partial charge in [-0.2, -0.15) is 0 Å². The molecule has 2 aromatic rings. The molecule has 1 N–H and O–H groups in total. The van der Waals surface area contributed by atoms with Gasteiger partial charge in [-0.1, -0.05) is 18.2 Å². The summed E-state index contributed by atoms with van der Waals surface area (Å²) in [4.78, 5) is 17.2. The van der Waals surface area contributed by atoms with E-state index in [-0.39, 0.29) is 5.91 Å². The second kappa shape index (κ2) is 6.22. The predicted octanol–water partition coefficient (Wildman–Crippen LogP) is 2.46. The van der Waals surface area contributed by atoms with Crippen molar-refractivity contribution in [3.05, 3.63) is 35.6 Å². The molecule has 128 valence electrons. The lowest BCUT2D eigenvalue weighted by Crippen LogP contribution is -2.39. The highest BCUT2D eigenvalue weighted by molar-refractivity contribution is 5.99. The lowest BCUT2D eigenvalue weighted by atomic mass is 10.1. The van der Waals surface area contributed by atoms with E-state index in [2.05, 4.69) is 10.2 Å². The fraction of sp³-hybridized carbons (Fsp3) is 0.526. The summed E-state index contributed by atoms with van der Waals surface area (Å²) in [6, 6.07) is 8.94. The summed E-state index contributed by atoms with van der Waals surface area (Å²) in [7, 11) is 4.04. The van der Waals surface area contributed by atoms with Gasteiger partial charge in [0.2, 0.25) is 0 Å². The molecule has 2 aliphatic rings. The third-order valence-electron chi connectivity index (χ3n) is 5.18. The summed E-state index contributed by atoms with van der Waals surface area (Å²) in [6.45, 7) is 2.30. The first-order chi connectivity index (χ1) is 11.6. The molecule has 3 heterocycles. The number of hydrogen-bond donors (Lipinski definition) is 1. The Bertz CT molecular complexity index is 752. The quantitative estimate of drug-likeness (QED) is 0.941. The lowest BCUT2D eigenvalue weighted by molar-refractivity contribution is 0.0716. The van der Waals surface area contributed by atoms with Crippen molar-refractivity contribution in [2.45, 2.75) is 37.9 Å². The van der Waals surface area contributed by atoms with Gasteiger partial charge < -0.3 is 19.5 Å². The number of nitrogens with one attached hydrogen (secondary N) is 1. The van der Waals surface area contributed by atoms with Crippen LogP contribution in [0.15, 0.2) is 28.7 Å². The molecule has 0 radical (unpaired) electrons. The van der Waals surface area contributed by atoms with Crippen molar-refractivity contribution < 1.29 is 9.21 Å². The van der Waals surface area contributed by atoms with Crippen molar-refractivity contribution in [2.75, 3.05) is 27.2 Å². The summed E-state index contributed by atoms with van der Waals surface area (Å²) in [5, 5.41) is 4.68. The second-order valence-corrected chi connectivity index (χ2v) is 7.32. The third-order valence-corrected chi connectivity index (χ3v) is 5.18. The predicted molar refractivity (Wildman–Crippen MR) is 94.1 cm³/mol. The first-order valence-corrected chi connectivity index (χ1v) is 8.82. The maximum absolute atomic E-state index is 13.2. The molecule has 0 spiro atoms. The van der Waals surface area contributed by atoms with Gasteiger partial charge in [0.15, 0.2) is 5.76 Å². The number of hydrogen-bond acceptors (Lipinski definition) is 4. The van der Waals surface area contributed by atoms with Crippen molar-refractivity contribution in [1.82, 2.24) is 15.1 Å². The third kappa shape index (κ3) is 2.82. The van der Waals surface area contributed by atoms with E-state index in [4.69, 9.17) is 4.42 Å². The first-order valence-electron chi connectivity index (χ1n) is 8.82. The maximum Gasteiger partial charge on any atom is 0.290 e. The number of carbonyl (C=O) groups is 1. The van der Waals surface area contributed by atoms with Crippen LogP contribution in [0.5, 0.6) is 0 Å². The maximum atomic E-state index is 13.2. The molecule has 2 bridgehead atoms. The summed E-state index contributed by atoms with van der Waals surface area (Å²) < 4.78 is 6.00. The van der Waals surface area contributed by atoms with Crippen LogP contribution >= 0.6 is 0 Å². The average molecular weight is 327 g/mol. The Labute approximate surface area is 142 Å². The van der Waals surface area contributed by atoms with E-state index in [1.807, 2.05) is 43.3 Å². The average Bonchev–Trinajstić information content (AvgIpc) is 3.07. The molecule has 1 aromatic heterocycles. The Morgan fingerprint density at radius 2 is 2.04 bits per heavy atom. The SMILES string of the molecule is CN(C)Cc1c(C(=O)N2CCC3CCC(C2)N3)oc2ccccc12. The van der Waals surface area contributed by atoms with Crippen molar-refractivity contribution in [3.63, 3.8) is 0 Å². The molecule has 1 amide bonds. The van der Waals surface area contributed by atoms with Crippen LogP contribution in [0.1, 0.15) is 35.4 Å². The van der Waals surface area contributed by atoms with Gasteiger partial charge in [-0.3, -0.25) is 4.79 Å². The molecule has 2 saturated heterocycles. The zero-order chi connectivity index (χ0) is 16.7. The molecule has 0 aliphatic carbocycles. The second-order valence-electron chi connectivity index (χ2n) is 7.32. The number of rotatable bonds is 3. The van der Waals surface area contributed by atoms with Crippen molar-refractivity contribution in [1.29, 1.82) is 0 Å². The first kappa shape index (κ1) is 15.7.